The van der Waals surface area contributed by atoms with E-state index >= 15 is 0 Å². The molecule has 2 N–H and O–H groups in total. The molecule has 0 radical (unpaired) electrons. The van der Waals surface area contributed by atoms with E-state index in [1.807, 2.05) is 56.3 Å². The number of para-hydroxylation sites is 1. The summed E-state index contributed by atoms with van der Waals surface area (Å²) in [5.41, 5.74) is 1.40. The van der Waals surface area contributed by atoms with Crippen LogP contribution in [0.4, 0.5) is 16.2 Å². The molecule has 0 aliphatic carbocycles. The van der Waals surface area contributed by atoms with Gasteiger partial charge in [-0.2, -0.15) is 0 Å². The Morgan fingerprint density at radius 3 is 2.38 bits per heavy atom. The summed E-state index contributed by atoms with van der Waals surface area (Å²) in [6.07, 6.45) is 0.0743. The zero-order chi connectivity index (χ0) is 15.2. The van der Waals surface area contributed by atoms with Crippen molar-refractivity contribution >= 4 is 33.3 Å². The number of carbonyl (C=O) groups excluding carboxylic acids is 1. The molecule has 0 aromatic heterocycles. The van der Waals surface area contributed by atoms with E-state index in [2.05, 4.69) is 26.6 Å². The minimum atomic E-state index is -0.296. The molecule has 2 rings (SSSR count). The average Bonchev–Trinajstić information content (AvgIpc) is 2.37. The summed E-state index contributed by atoms with van der Waals surface area (Å²) in [7, 11) is 0. The Labute approximate surface area is 132 Å². The quantitative estimate of drug-likeness (QED) is 0.827. The number of carbonyl (C=O) groups is 1. The number of hydrogen-bond acceptors (Lipinski definition) is 2. The van der Waals surface area contributed by atoms with Gasteiger partial charge in [0, 0.05) is 21.9 Å². The summed E-state index contributed by atoms with van der Waals surface area (Å²) < 4.78 is 6.48. The Hall–Kier alpha value is -2.01. The van der Waals surface area contributed by atoms with Crippen LogP contribution >= 0.6 is 15.9 Å². The van der Waals surface area contributed by atoms with Crippen LogP contribution in [0.15, 0.2) is 53.0 Å². The number of benzene rings is 2. The maximum Gasteiger partial charge on any atom is 0.323 e. The number of nitrogens with one attached hydrogen (secondary N) is 2. The van der Waals surface area contributed by atoms with Crippen LogP contribution in [0.25, 0.3) is 0 Å². The number of rotatable bonds is 4. The van der Waals surface area contributed by atoms with Crippen molar-refractivity contribution in [3.63, 3.8) is 0 Å². The predicted octanol–water partition coefficient (Wildman–Crippen LogP) is 4.88. The summed E-state index contributed by atoms with van der Waals surface area (Å²) in [5.74, 6) is 0.703. The van der Waals surface area contributed by atoms with Gasteiger partial charge in [-0.25, -0.2) is 4.79 Å². The normalized spacial score (nSPS) is 10.3. The van der Waals surface area contributed by atoms with E-state index in [1.54, 1.807) is 6.07 Å². The first-order valence-corrected chi connectivity index (χ1v) is 7.42. The summed E-state index contributed by atoms with van der Waals surface area (Å²) in [6.45, 7) is 3.91. The first kappa shape index (κ1) is 15.4. The molecular weight excluding hydrogens is 332 g/mol. The fourth-order valence-corrected chi connectivity index (χ4v) is 2.26. The second-order valence-electron chi connectivity index (χ2n) is 4.79. The molecule has 4 nitrogen and oxygen atoms in total. The molecule has 0 fully saturated rings. The lowest BCUT2D eigenvalue weighted by molar-refractivity contribution is 0.242. The fraction of sp³-hybridized carbons (Fsp3) is 0.188. The molecule has 0 atom stereocenters. The third kappa shape index (κ3) is 5.11. The number of ether oxygens (including phenoxy) is 1. The number of urea groups is 1. The van der Waals surface area contributed by atoms with Gasteiger partial charge < -0.3 is 15.4 Å². The lowest BCUT2D eigenvalue weighted by Gasteiger charge is -2.13. The van der Waals surface area contributed by atoms with E-state index in [0.717, 1.165) is 10.2 Å². The van der Waals surface area contributed by atoms with Crippen molar-refractivity contribution in [1.29, 1.82) is 0 Å². The van der Waals surface area contributed by atoms with Gasteiger partial charge in [-0.3, -0.25) is 0 Å². The largest absolute Gasteiger partial charge is 0.491 e. The second-order valence-corrected chi connectivity index (χ2v) is 5.70. The highest BCUT2D eigenvalue weighted by Crippen LogP contribution is 2.25. The Kier molecular flexibility index (Phi) is 5.22. The minimum Gasteiger partial charge on any atom is -0.491 e. The second kappa shape index (κ2) is 7.13. The number of halogens is 1. The first-order chi connectivity index (χ1) is 10.0. The summed E-state index contributed by atoms with van der Waals surface area (Å²) >= 11 is 3.41. The number of amides is 2. The smallest absolute Gasteiger partial charge is 0.323 e. The molecule has 2 aromatic carbocycles. The van der Waals surface area contributed by atoms with Crippen LogP contribution in [0.1, 0.15) is 13.8 Å². The molecule has 5 heteroatoms. The van der Waals surface area contributed by atoms with Crippen LogP contribution in [0.5, 0.6) is 5.75 Å². The van der Waals surface area contributed by atoms with Crippen molar-refractivity contribution in [2.45, 2.75) is 20.0 Å². The van der Waals surface area contributed by atoms with Gasteiger partial charge in [0.1, 0.15) is 5.75 Å². The Balaban J connectivity index is 2.05. The van der Waals surface area contributed by atoms with E-state index < -0.39 is 0 Å². The summed E-state index contributed by atoms with van der Waals surface area (Å²) in [6, 6.07) is 14.4. The highest BCUT2D eigenvalue weighted by atomic mass is 79.9. The maximum atomic E-state index is 11.9. The van der Waals surface area contributed by atoms with E-state index in [-0.39, 0.29) is 12.1 Å². The molecule has 0 aliphatic heterocycles. The first-order valence-electron chi connectivity index (χ1n) is 6.63. The van der Waals surface area contributed by atoms with Crippen LogP contribution < -0.4 is 15.4 Å². The van der Waals surface area contributed by atoms with E-state index in [4.69, 9.17) is 4.74 Å². The topological polar surface area (TPSA) is 50.4 Å². The molecule has 0 saturated heterocycles. The molecule has 0 aliphatic rings. The Morgan fingerprint density at radius 1 is 1.05 bits per heavy atom. The van der Waals surface area contributed by atoms with Crippen LogP contribution in [-0.4, -0.2) is 12.1 Å². The molecule has 0 unspecified atom stereocenters. The SMILES string of the molecule is CC(C)Oc1cc(Br)cc(NC(=O)Nc2ccccc2)c1. The van der Waals surface area contributed by atoms with Crippen LogP contribution in [-0.2, 0) is 0 Å². The third-order valence-electron chi connectivity index (χ3n) is 2.53. The lowest BCUT2D eigenvalue weighted by atomic mass is 10.3. The van der Waals surface area contributed by atoms with Gasteiger partial charge in [-0.1, -0.05) is 34.1 Å². The summed E-state index contributed by atoms with van der Waals surface area (Å²) in [4.78, 5) is 11.9. The highest BCUT2D eigenvalue weighted by Gasteiger charge is 2.06. The molecular formula is C16H17BrN2O2. The zero-order valence-corrected chi connectivity index (χ0v) is 13.5. The molecule has 2 aromatic rings. The standard InChI is InChI=1S/C16H17BrN2O2/c1-11(2)21-15-9-12(17)8-14(10-15)19-16(20)18-13-6-4-3-5-7-13/h3-11H,1-2H3,(H2,18,19,20). The van der Waals surface area contributed by atoms with Crippen molar-refractivity contribution in [2.24, 2.45) is 0 Å². The molecule has 2 amide bonds. The van der Waals surface area contributed by atoms with Crippen LogP contribution in [0, 0.1) is 0 Å². The van der Waals surface area contributed by atoms with Gasteiger partial charge in [0.2, 0.25) is 0 Å². The van der Waals surface area contributed by atoms with E-state index in [9.17, 15) is 4.79 Å². The van der Waals surface area contributed by atoms with Gasteiger partial charge in [0.15, 0.2) is 0 Å². The van der Waals surface area contributed by atoms with Crippen molar-refractivity contribution in [3.05, 3.63) is 53.0 Å². The molecule has 110 valence electrons. The number of hydrogen-bond donors (Lipinski definition) is 2. The molecule has 0 bridgehead atoms. The van der Waals surface area contributed by atoms with Crippen molar-refractivity contribution in [2.75, 3.05) is 10.6 Å². The van der Waals surface area contributed by atoms with Gasteiger partial charge in [-0.15, -0.1) is 0 Å². The monoisotopic (exact) mass is 348 g/mol. The van der Waals surface area contributed by atoms with Gasteiger partial charge in [0.05, 0.1) is 6.10 Å². The Morgan fingerprint density at radius 2 is 1.71 bits per heavy atom. The van der Waals surface area contributed by atoms with Crippen LogP contribution in [0.2, 0.25) is 0 Å². The van der Waals surface area contributed by atoms with E-state index in [0.29, 0.717) is 11.4 Å². The van der Waals surface area contributed by atoms with Crippen LogP contribution in [0.3, 0.4) is 0 Å². The molecule has 0 saturated carbocycles. The third-order valence-corrected chi connectivity index (χ3v) is 2.99. The Bertz CT molecular complexity index is 615. The zero-order valence-electron chi connectivity index (χ0n) is 11.9. The van der Waals surface area contributed by atoms with Crippen molar-refractivity contribution in [3.8, 4) is 5.75 Å². The molecule has 21 heavy (non-hydrogen) atoms. The maximum absolute atomic E-state index is 11.9. The average molecular weight is 349 g/mol. The lowest BCUT2D eigenvalue weighted by Crippen LogP contribution is -2.19. The summed E-state index contributed by atoms with van der Waals surface area (Å²) in [5, 5.41) is 5.55. The minimum absolute atomic E-state index is 0.0743. The van der Waals surface area contributed by atoms with Crippen molar-refractivity contribution < 1.29 is 9.53 Å². The fourth-order valence-electron chi connectivity index (χ4n) is 1.79. The van der Waals surface area contributed by atoms with Gasteiger partial charge >= 0.3 is 6.03 Å². The predicted molar refractivity (Wildman–Crippen MR) is 89.0 cm³/mol. The highest BCUT2D eigenvalue weighted by molar-refractivity contribution is 9.10. The number of anilines is 2. The molecule has 0 spiro atoms. The van der Waals surface area contributed by atoms with Gasteiger partial charge in [0.25, 0.3) is 0 Å². The van der Waals surface area contributed by atoms with Gasteiger partial charge in [-0.05, 0) is 38.1 Å². The van der Waals surface area contributed by atoms with Crippen molar-refractivity contribution in [1.82, 2.24) is 0 Å². The van der Waals surface area contributed by atoms with E-state index in [1.165, 1.54) is 0 Å². The molecule has 0 heterocycles.